The molecule has 0 amide bonds. The summed E-state index contributed by atoms with van der Waals surface area (Å²) in [4.78, 5) is 0. The smallest absolute Gasteiger partial charge is 0.122 e. The molecule has 2 aromatic carbocycles. The minimum atomic E-state index is 0.725. The van der Waals surface area contributed by atoms with Crippen LogP contribution in [-0.2, 0) is 6.54 Å². The molecule has 0 heterocycles. The fourth-order valence-corrected chi connectivity index (χ4v) is 1.80. The van der Waals surface area contributed by atoms with Gasteiger partial charge in [-0.25, -0.2) is 0 Å². The zero-order valence-corrected chi connectivity index (χ0v) is 11.2. The Morgan fingerprint density at radius 2 is 1.58 bits per heavy atom. The lowest BCUT2D eigenvalue weighted by atomic mass is 10.2. The largest absolute Gasteiger partial charge is 0.497 e. The van der Waals surface area contributed by atoms with Gasteiger partial charge in [-0.2, -0.15) is 0 Å². The van der Waals surface area contributed by atoms with Crippen LogP contribution in [0.25, 0.3) is 0 Å². The van der Waals surface area contributed by atoms with E-state index in [9.17, 15) is 0 Å². The summed E-state index contributed by atoms with van der Waals surface area (Å²) in [6, 6.07) is 16.0. The van der Waals surface area contributed by atoms with Crippen LogP contribution in [0.15, 0.2) is 48.5 Å². The molecule has 3 nitrogen and oxygen atoms in total. The Morgan fingerprint density at radius 3 is 2.16 bits per heavy atom. The number of hydrogen-bond acceptors (Lipinski definition) is 3. The first-order chi connectivity index (χ1) is 9.31. The van der Waals surface area contributed by atoms with Gasteiger partial charge in [0, 0.05) is 12.6 Å². The summed E-state index contributed by atoms with van der Waals surface area (Å²) in [5.74, 6) is 1.60. The van der Waals surface area contributed by atoms with Crippen LogP contribution in [0.4, 0.5) is 0 Å². The van der Waals surface area contributed by atoms with Gasteiger partial charge in [-0.1, -0.05) is 30.3 Å². The highest BCUT2D eigenvalue weighted by Crippen LogP contribution is 2.22. The average Bonchev–Trinajstić information content (AvgIpc) is 2.48. The van der Waals surface area contributed by atoms with Crippen molar-refractivity contribution in [1.82, 2.24) is 5.32 Å². The van der Waals surface area contributed by atoms with Crippen molar-refractivity contribution in [3.05, 3.63) is 66.2 Å². The third kappa shape index (κ3) is 4.00. The van der Waals surface area contributed by atoms with Crippen molar-refractivity contribution in [3.8, 4) is 11.5 Å². The summed E-state index contributed by atoms with van der Waals surface area (Å²) in [6.45, 7) is 2.72. The van der Waals surface area contributed by atoms with Gasteiger partial charge in [-0.3, -0.25) is 0 Å². The molecule has 0 saturated heterocycles. The molecule has 0 fully saturated rings. The van der Waals surface area contributed by atoms with E-state index in [0.29, 0.717) is 0 Å². The summed E-state index contributed by atoms with van der Waals surface area (Å²) in [5.41, 5.74) is 2.26. The maximum Gasteiger partial charge on any atom is 0.122 e. The molecule has 0 spiro atoms. The van der Waals surface area contributed by atoms with Crippen LogP contribution < -0.4 is 14.8 Å². The van der Waals surface area contributed by atoms with E-state index in [1.807, 2.05) is 42.9 Å². The SMILES string of the molecule is COc1cc(CN[CH]c2ccccc2)cc(OC)c1. The fraction of sp³-hybridized carbons (Fsp3) is 0.188. The topological polar surface area (TPSA) is 30.5 Å². The third-order valence-corrected chi connectivity index (χ3v) is 2.79. The van der Waals surface area contributed by atoms with E-state index in [1.165, 1.54) is 0 Å². The van der Waals surface area contributed by atoms with Crippen LogP contribution in [0.3, 0.4) is 0 Å². The zero-order valence-electron chi connectivity index (χ0n) is 11.2. The van der Waals surface area contributed by atoms with Gasteiger partial charge in [-0.05, 0) is 23.3 Å². The molecule has 99 valence electrons. The average molecular weight is 256 g/mol. The lowest BCUT2D eigenvalue weighted by Gasteiger charge is -2.09. The number of nitrogens with one attached hydrogen (secondary N) is 1. The van der Waals surface area contributed by atoms with Crippen LogP contribution in [0, 0.1) is 6.54 Å². The molecule has 1 radical (unpaired) electrons. The Labute approximate surface area is 114 Å². The second-order valence-corrected chi connectivity index (χ2v) is 4.16. The van der Waals surface area contributed by atoms with Crippen molar-refractivity contribution in [3.63, 3.8) is 0 Å². The Balaban J connectivity index is 1.95. The Hall–Kier alpha value is -2.00. The first kappa shape index (κ1) is 13.4. The van der Waals surface area contributed by atoms with Gasteiger partial charge >= 0.3 is 0 Å². The van der Waals surface area contributed by atoms with Gasteiger partial charge in [0.15, 0.2) is 0 Å². The van der Waals surface area contributed by atoms with E-state index >= 15 is 0 Å². The van der Waals surface area contributed by atoms with Gasteiger partial charge < -0.3 is 14.8 Å². The summed E-state index contributed by atoms with van der Waals surface area (Å²) < 4.78 is 10.5. The molecule has 0 aliphatic rings. The molecule has 3 heteroatoms. The molecular formula is C16H18NO2. The predicted octanol–water partition coefficient (Wildman–Crippen LogP) is 3.00. The molecule has 0 aliphatic heterocycles. The van der Waals surface area contributed by atoms with E-state index in [2.05, 4.69) is 17.4 Å². The second kappa shape index (κ2) is 6.81. The van der Waals surface area contributed by atoms with Crippen molar-refractivity contribution in [2.75, 3.05) is 14.2 Å². The monoisotopic (exact) mass is 256 g/mol. The van der Waals surface area contributed by atoms with Crippen LogP contribution in [0.2, 0.25) is 0 Å². The number of rotatable bonds is 6. The molecule has 0 aliphatic carbocycles. The normalized spacial score (nSPS) is 10.2. The summed E-state index contributed by atoms with van der Waals surface area (Å²) >= 11 is 0. The van der Waals surface area contributed by atoms with Gasteiger partial charge in [0.05, 0.1) is 20.8 Å². The highest BCUT2D eigenvalue weighted by molar-refractivity contribution is 5.38. The van der Waals surface area contributed by atoms with Gasteiger partial charge in [-0.15, -0.1) is 0 Å². The van der Waals surface area contributed by atoms with Crippen LogP contribution in [0.5, 0.6) is 11.5 Å². The summed E-state index contributed by atoms with van der Waals surface area (Å²) in [7, 11) is 3.31. The minimum absolute atomic E-state index is 0.725. The molecule has 0 atom stereocenters. The molecule has 19 heavy (non-hydrogen) atoms. The van der Waals surface area contributed by atoms with E-state index in [-0.39, 0.29) is 0 Å². The molecule has 2 aromatic rings. The van der Waals surface area contributed by atoms with Gasteiger partial charge in [0.2, 0.25) is 0 Å². The molecular weight excluding hydrogens is 238 g/mol. The standard InChI is InChI=1S/C16H18NO2/c1-18-15-8-14(9-16(10-15)19-2)12-17-11-13-6-4-3-5-7-13/h3-11,17H,12H2,1-2H3. The van der Waals surface area contributed by atoms with E-state index in [4.69, 9.17) is 9.47 Å². The van der Waals surface area contributed by atoms with Crippen molar-refractivity contribution in [2.24, 2.45) is 0 Å². The second-order valence-electron chi connectivity index (χ2n) is 4.16. The molecule has 0 unspecified atom stereocenters. The van der Waals surface area contributed by atoms with Crippen molar-refractivity contribution in [1.29, 1.82) is 0 Å². The highest BCUT2D eigenvalue weighted by atomic mass is 16.5. The maximum absolute atomic E-state index is 5.24. The van der Waals surface area contributed by atoms with Gasteiger partial charge in [0.1, 0.15) is 11.5 Å². The van der Waals surface area contributed by atoms with Crippen molar-refractivity contribution >= 4 is 0 Å². The van der Waals surface area contributed by atoms with E-state index in [0.717, 1.165) is 29.2 Å². The van der Waals surface area contributed by atoms with E-state index < -0.39 is 0 Å². The number of methoxy groups -OCH3 is 2. The molecule has 1 N–H and O–H groups in total. The van der Waals surface area contributed by atoms with E-state index in [1.54, 1.807) is 14.2 Å². The quantitative estimate of drug-likeness (QED) is 0.861. The summed E-state index contributed by atoms with van der Waals surface area (Å²) in [5, 5.41) is 3.28. The Bertz CT molecular complexity index is 489. The first-order valence-corrected chi connectivity index (χ1v) is 6.15. The lowest BCUT2D eigenvalue weighted by molar-refractivity contribution is 0.393. The summed E-state index contributed by atoms with van der Waals surface area (Å²) in [6.07, 6.45) is 0. The van der Waals surface area contributed by atoms with Crippen molar-refractivity contribution < 1.29 is 9.47 Å². The molecule has 0 aromatic heterocycles. The molecule has 0 saturated carbocycles. The Kier molecular flexibility index (Phi) is 4.81. The van der Waals surface area contributed by atoms with Crippen LogP contribution in [0.1, 0.15) is 11.1 Å². The minimum Gasteiger partial charge on any atom is -0.497 e. The number of hydrogen-bond donors (Lipinski definition) is 1. The Morgan fingerprint density at radius 1 is 0.947 bits per heavy atom. The van der Waals surface area contributed by atoms with Gasteiger partial charge in [0.25, 0.3) is 0 Å². The first-order valence-electron chi connectivity index (χ1n) is 6.15. The lowest BCUT2D eigenvalue weighted by Crippen LogP contribution is -2.10. The fourth-order valence-electron chi connectivity index (χ4n) is 1.80. The third-order valence-electron chi connectivity index (χ3n) is 2.79. The molecule has 2 rings (SSSR count). The maximum atomic E-state index is 5.24. The number of benzene rings is 2. The van der Waals surface area contributed by atoms with Crippen LogP contribution >= 0.6 is 0 Å². The van der Waals surface area contributed by atoms with Crippen molar-refractivity contribution in [2.45, 2.75) is 6.54 Å². The molecule has 0 bridgehead atoms. The van der Waals surface area contributed by atoms with Crippen LogP contribution in [-0.4, -0.2) is 14.2 Å². The zero-order chi connectivity index (χ0) is 13.5. The number of ether oxygens (including phenoxy) is 2. The predicted molar refractivity (Wildman–Crippen MR) is 76.2 cm³/mol. The highest BCUT2D eigenvalue weighted by Gasteiger charge is 2.01.